The maximum atomic E-state index is 13.1. The molecule has 0 unspecified atom stereocenters. The summed E-state index contributed by atoms with van der Waals surface area (Å²) in [6.07, 6.45) is 5.71. The molecule has 1 atom stereocenters. The topological polar surface area (TPSA) is 76.2 Å². The second kappa shape index (κ2) is 6.32. The number of H-pyrrole nitrogens is 1. The molecule has 5 nitrogen and oxygen atoms in total. The quantitative estimate of drug-likeness (QED) is 0.623. The van der Waals surface area contributed by atoms with Crippen molar-refractivity contribution in [1.29, 1.82) is 0 Å². The minimum Gasteiger partial charge on any atom is -0.454 e. The number of esters is 1. The number of carbonyl (C=O) groups is 3. The summed E-state index contributed by atoms with van der Waals surface area (Å²) < 4.78 is 5.72. The first-order valence-electron chi connectivity index (χ1n) is 10.2. The lowest BCUT2D eigenvalue weighted by atomic mass is 9.49. The Bertz CT molecular complexity index is 783. The maximum absolute atomic E-state index is 13.1. The van der Waals surface area contributed by atoms with Gasteiger partial charge in [-0.2, -0.15) is 0 Å². The van der Waals surface area contributed by atoms with Gasteiger partial charge in [0.1, 0.15) is 0 Å². The van der Waals surface area contributed by atoms with Gasteiger partial charge in [0.2, 0.25) is 5.78 Å². The Hall–Kier alpha value is -1.91. The van der Waals surface area contributed by atoms with Crippen LogP contribution in [-0.2, 0) is 9.53 Å². The average molecular weight is 371 g/mol. The summed E-state index contributed by atoms with van der Waals surface area (Å²) >= 11 is 0. The molecular weight excluding hydrogens is 342 g/mol. The molecule has 4 saturated carbocycles. The smallest absolute Gasteiger partial charge is 0.312 e. The zero-order chi connectivity index (χ0) is 19.5. The number of aromatic amines is 1. The molecule has 0 amide bonds. The Morgan fingerprint density at radius 1 is 1.04 bits per heavy atom. The third kappa shape index (κ3) is 2.95. The predicted octanol–water partition coefficient (Wildman–Crippen LogP) is 4.16. The van der Waals surface area contributed by atoms with Gasteiger partial charge in [0.15, 0.2) is 11.9 Å². The number of Topliss-reactive ketones (excluding diaryl/α,β-unsaturated/α-hetero) is 2. The molecule has 1 N–H and O–H groups in total. The van der Waals surface area contributed by atoms with Gasteiger partial charge in [-0.15, -0.1) is 0 Å². The fraction of sp³-hybridized carbons (Fsp3) is 0.682. The van der Waals surface area contributed by atoms with E-state index >= 15 is 0 Å². The Balaban J connectivity index is 1.50. The van der Waals surface area contributed by atoms with E-state index in [2.05, 4.69) is 4.98 Å². The molecule has 0 saturated heterocycles. The van der Waals surface area contributed by atoms with E-state index in [1.54, 1.807) is 20.8 Å². The van der Waals surface area contributed by atoms with Crippen molar-refractivity contribution in [1.82, 2.24) is 4.98 Å². The van der Waals surface area contributed by atoms with Crippen LogP contribution < -0.4 is 0 Å². The van der Waals surface area contributed by atoms with Gasteiger partial charge in [-0.1, -0.05) is 0 Å². The van der Waals surface area contributed by atoms with Crippen LogP contribution >= 0.6 is 0 Å². The highest BCUT2D eigenvalue weighted by molar-refractivity contribution is 6.05. The molecule has 0 spiro atoms. The van der Waals surface area contributed by atoms with Gasteiger partial charge >= 0.3 is 5.97 Å². The van der Waals surface area contributed by atoms with Crippen LogP contribution in [0.4, 0.5) is 0 Å². The summed E-state index contributed by atoms with van der Waals surface area (Å²) in [5, 5.41) is 0. The number of aromatic nitrogens is 1. The summed E-state index contributed by atoms with van der Waals surface area (Å²) in [5.41, 5.74) is 1.89. The maximum Gasteiger partial charge on any atom is 0.312 e. The number of carbonyl (C=O) groups excluding carboxylic acids is 3. The van der Waals surface area contributed by atoms with Crippen LogP contribution in [0.5, 0.6) is 0 Å². The largest absolute Gasteiger partial charge is 0.454 e. The van der Waals surface area contributed by atoms with Crippen molar-refractivity contribution in [3.8, 4) is 0 Å². The van der Waals surface area contributed by atoms with E-state index in [4.69, 9.17) is 4.74 Å². The van der Waals surface area contributed by atoms with E-state index < -0.39 is 6.10 Å². The van der Waals surface area contributed by atoms with Crippen molar-refractivity contribution in [3.63, 3.8) is 0 Å². The highest BCUT2D eigenvalue weighted by Gasteiger charge is 2.55. The standard InChI is InChI=1S/C22H29NO4/c1-11-18(13(3)24)12(2)23-19(11)20(25)14(4)27-21(26)22-8-15-5-16(9-22)7-17(6-15)10-22/h14-17,23H,5-10H2,1-4H3/t14-,15?,16?,17?,22?/m0/s1. The van der Waals surface area contributed by atoms with E-state index in [9.17, 15) is 14.4 Å². The SMILES string of the molecule is CC(=O)c1c(C)[nH]c(C(=O)[C@H](C)OC(=O)C23CC4CC(CC(C4)C2)C3)c1C. The lowest BCUT2D eigenvalue weighted by Crippen LogP contribution is -2.51. The number of rotatable bonds is 5. The van der Waals surface area contributed by atoms with Crippen LogP contribution in [0.25, 0.3) is 0 Å². The van der Waals surface area contributed by atoms with Gasteiger partial charge in [0.25, 0.3) is 0 Å². The van der Waals surface area contributed by atoms with Crippen LogP contribution in [0, 0.1) is 37.0 Å². The van der Waals surface area contributed by atoms with E-state index in [-0.39, 0.29) is 23.0 Å². The number of ether oxygens (including phenoxy) is 1. The Morgan fingerprint density at radius 3 is 2.00 bits per heavy atom. The van der Waals surface area contributed by atoms with Crippen LogP contribution in [-0.4, -0.2) is 28.6 Å². The monoisotopic (exact) mass is 371 g/mol. The van der Waals surface area contributed by atoms with E-state index in [1.807, 2.05) is 0 Å². The van der Waals surface area contributed by atoms with Crippen molar-refractivity contribution < 1.29 is 19.1 Å². The first-order valence-corrected chi connectivity index (χ1v) is 10.2. The van der Waals surface area contributed by atoms with Crippen LogP contribution in [0.1, 0.15) is 84.5 Å². The van der Waals surface area contributed by atoms with Crippen LogP contribution in [0.3, 0.4) is 0 Å². The Morgan fingerprint density at radius 2 is 1.56 bits per heavy atom. The van der Waals surface area contributed by atoms with Gasteiger partial charge in [0, 0.05) is 11.3 Å². The summed E-state index contributed by atoms with van der Waals surface area (Å²) in [4.78, 5) is 40.8. The molecule has 1 aromatic rings. The van der Waals surface area contributed by atoms with E-state index in [1.165, 1.54) is 26.2 Å². The minimum absolute atomic E-state index is 0.0708. The Labute approximate surface area is 160 Å². The second-order valence-electron chi connectivity index (χ2n) is 9.29. The molecule has 146 valence electrons. The number of aryl methyl sites for hydroxylation is 1. The first kappa shape index (κ1) is 18.5. The zero-order valence-electron chi connectivity index (χ0n) is 16.7. The molecule has 5 heteroatoms. The summed E-state index contributed by atoms with van der Waals surface area (Å²) in [5.74, 6) is 1.44. The molecule has 1 heterocycles. The summed E-state index contributed by atoms with van der Waals surface area (Å²) in [7, 11) is 0. The lowest BCUT2D eigenvalue weighted by molar-refractivity contribution is -0.174. The number of hydrogen-bond acceptors (Lipinski definition) is 4. The van der Waals surface area contributed by atoms with Gasteiger partial charge in [0.05, 0.1) is 11.1 Å². The third-order valence-electron chi connectivity index (χ3n) is 7.16. The van der Waals surface area contributed by atoms with E-state index in [0.29, 0.717) is 40.3 Å². The van der Waals surface area contributed by atoms with Crippen molar-refractivity contribution in [3.05, 3.63) is 22.5 Å². The highest BCUT2D eigenvalue weighted by atomic mass is 16.5. The number of ketones is 2. The number of hydrogen-bond donors (Lipinski definition) is 1. The van der Waals surface area contributed by atoms with Gasteiger partial charge < -0.3 is 9.72 Å². The zero-order valence-corrected chi connectivity index (χ0v) is 16.7. The van der Waals surface area contributed by atoms with Gasteiger partial charge in [-0.3, -0.25) is 14.4 Å². The summed E-state index contributed by atoms with van der Waals surface area (Å²) in [6, 6.07) is 0. The molecule has 4 aliphatic carbocycles. The predicted molar refractivity (Wildman–Crippen MR) is 101 cm³/mol. The third-order valence-corrected chi connectivity index (χ3v) is 7.16. The summed E-state index contributed by atoms with van der Waals surface area (Å²) in [6.45, 7) is 6.69. The molecule has 1 aromatic heterocycles. The van der Waals surface area contributed by atoms with Crippen molar-refractivity contribution >= 4 is 17.5 Å². The molecule has 0 aromatic carbocycles. The molecule has 4 aliphatic rings. The molecular formula is C22H29NO4. The highest BCUT2D eigenvalue weighted by Crippen LogP contribution is 2.60. The van der Waals surface area contributed by atoms with Gasteiger partial charge in [-0.05, 0) is 89.5 Å². The molecule has 4 bridgehead atoms. The van der Waals surface area contributed by atoms with Crippen LogP contribution in [0.2, 0.25) is 0 Å². The van der Waals surface area contributed by atoms with Gasteiger partial charge in [-0.25, -0.2) is 0 Å². The number of nitrogens with one attached hydrogen (secondary N) is 1. The second-order valence-corrected chi connectivity index (χ2v) is 9.29. The molecule has 4 fully saturated rings. The fourth-order valence-corrected chi connectivity index (χ4v) is 6.43. The average Bonchev–Trinajstić information content (AvgIpc) is 2.87. The Kier molecular flexibility index (Phi) is 4.32. The minimum atomic E-state index is -0.845. The molecule has 0 aliphatic heterocycles. The van der Waals surface area contributed by atoms with Crippen LogP contribution in [0.15, 0.2) is 0 Å². The fourth-order valence-electron chi connectivity index (χ4n) is 6.43. The molecule has 0 radical (unpaired) electrons. The lowest BCUT2D eigenvalue weighted by Gasteiger charge is -2.55. The molecule has 27 heavy (non-hydrogen) atoms. The van der Waals surface area contributed by atoms with Crippen molar-refractivity contribution in [2.75, 3.05) is 0 Å². The van der Waals surface area contributed by atoms with E-state index in [0.717, 1.165) is 19.3 Å². The first-order chi connectivity index (χ1) is 12.7. The normalized spacial score (nSPS) is 32.4. The van der Waals surface area contributed by atoms with Crippen molar-refractivity contribution in [2.45, 2.75) is 72.3 Å². The molecule has 5 rings (SSSR count). The van der Waals surface area contributed by atoms with Crippen molar-refractivity contribution in [2.24, 2.45) is 23.2 Å².